The number of anilines is 1. The summed E-state index contributed by atoms with van der Waals surface area (Å²) < 4.78 is 0. The quantitative estimate of drug-likeness (QED) is 0.844. The highest BCUT2D eigenvalue weighted by atomic mass is 14.9. The van der Waals surface area contributed by atoms with Crippen molar-refractivity contribution in [3.63, 3.8) is 0 Å². The molecule has 1 heterocycles. The van der Waals surface area contributed by atoms with E-state index in [0.717, 1.165) is 12.8 Å². The second kappa shape index (κ2) is 4.73. The van der Waals surface area contributed by atoms with Crippen LogP contribution in [0.25, 0.3) is 0 Å². The number of para-hydroxylation sites is 1. The predicted molar refractivity (Wildman–Crippen MR) is 81.9 cm³/mol. The van der Waals surface area contributed by atoms with Gasteiger partial charge in [-0.2, -0.15) is 0 Å². The molecule has 1 aliphatic heterocycles. The van der Waals surface area contributed by atoms with Crippen molar-refractivity contribution in [3.05, 3.63) is 64.2 Å². The molecule has 2 aromatic rings. The smallest absolute Gasteiger partial charge is 0.0375 e. The summed E-state index contributed by atoms with van der Waals surface area (Å²) in [6, 6.07) is 13.8. The van der Waals surface area contributed by atoms with Crippen LogP contribution in [-0.4, -0.2) is 6.04 Å². The first-order valence-electron chi connectivity index (χ1n) is 7.04. The second-order valence-corrected chi connectivity index (χ2v) is 5.78. The minimum Gasteiger partial charge on any atom is -0.381 e. The zero-order valence-electron chi connectivity index (χ0n) is 12.0. The lowest BCUT2D eigenvalue weighted by molar-refractivity contribution is 0.739. The zero-order valence-corrected chi connectivity index (χ0v) is 12.0. The van der Waals surface area contributed by atoms with E-state index in [4.69, 9.17) is 0 Å². The molecule has 19 heavy (non-hydrogen) atoms. The highest BCUT2D eigenvalue weighted by Crippen LogP contribution is 2.28. The molecule has 1 aliphatic rings. The Morgan fingerprint density at radius 3 is 2.42 bits per heavy atom. The van der Waals surface area contributed by atoms with E-state index in [9.17, 15) is 0 Å². The van der Waals surface area contributed by atoms with E-state index in [1.165, 1.54) is 33.5 Å². The SMILES string of the molecule is Cc1cc(C)c(CC2Cc3ccccc3N2)c(C)c1. The lowest BCUT2D eigenvalue weighted by atomic mass is 9.93. The average molecular weight is 251 g/mol. The molecule has 1 heteroatoms. The highest BCUT2D eigenvalue weighted by Gasteiger charge is 2.21. The van der Waals surface area contributed by atoms with Crippen LogP contribution in [0.4, 0.5) is 5.69 Å². The number of hydrogen-bond acceptors (Lipinski definition) is 1. The van der Waals surface area contributed by atoms with Crippen LogP contribution in [0.2, 0.25) is 0 Å². The molecular weight excluding hydrogens is 230 g/mol. The molecule has 0 spiro atoms. The molecule has 1 nitrogen and oxygen atoms in total. The molecule has 98 valence electrons. The first kappa shape index (κ1) is 12.3. The van der Waals surface area contributed by atoms with E-state index in [0.29, 0.717) is 6.04 Å². The minimum absolute atomic E-state index is 0.539. The van der Waals surface area contributed by atoms with Crippen LogP contribution < -0.4 is 5.32 Å². The van der Waals surface area contributed by atoms with E-state index in [1.54, 1.807) is 0 Å². The molecule has 0 fully saturated rings. The zero-order chi connectivity index (χ0) is 13.4. The molecule has 0 amide bonds. The number of fused-ring (bicyclic) bond motifs is 1. The Kier molecular flexibility index (Phi) is 3.06. The van der Waals surface area contributed by atoms with Crippen LogP contribution in [0, 0.1) is 20.8 Å². The van der Waals surface area contributed by atoms with Crippen LogP contribution in [0.5, 0.6) is 0 Å². The Morgan fingerprint density at radius 1 is 1.05 bits per heavy atom. The van der Waals surface area contributed by atoms with Gasteiger partial charge >= 0.3 is 0 Å². The van der Waals surface area contributed by atoms with Gasteiger partial charge in [-0.1, -0.05) is 35.9 Å². The number of hydrogen-bond donors (Lipinski definition) is 1. The van der Waals surface area contributed by atoms with Crippen molar-refractivity contribution in [3.8, 4) is 0 Å². The van der Waals surface area contributed by atoms with Crippen LogP contribution in [0.1, 0.15) is 27.8 Å². The van der Waals surface area contributed by atoms with Crippen molar-refractivity contribution < 1.29 is 0 Å². The Hall–Kier alpha value is -1.76. The molecule has 2 aromatic carbocycles. The monoisotopic (exact) mass is 251 g/mol. The maximum atomic E-state index is 3.65. The predicted octanol–water partition coefficient (Wildman–Crippen LogP) is 4.19. The van der Waals surface area contributed by atoms with Crippen LogP contribution in [0.3, 0.4) is 0 Å². The summed E-state index contributed by atoms with van der Waals surface area (Å²) in [4.78, 5) is 0. The molecule has 0 aromatic heterocycles. The maximum absolute atomic E-state index is 3.65. The first-order chi connectivity index (χ1) is 9.13. The standard InChI is InChI=1S/C18H21N/c1-12-8-13(2)17(14(3)9-12)11-16-10-15-6-4-5-7-18(15)19-16/h4-9,16,19H,10-11H2,1-3H3. The van der Waals surface area contributed by atoms with Gasteiger partial charge in [-0.05, 0) is 61.9 Å². The Labute approximate surface area is 115 Å². The van der Waals surface area contributed by atoms with Gasteiger partial charge in [0, 0.05) is 11.7 Å². The van der Waals surface area contributed by atoms with Gasteiger partial charge in [-0.15, -0.1) is 0 Å². The second-order valence-electron chi connectivity index (χ2n) is 5.78. The summed E-state index contributed by atoms with van der Waals surface area (Å²) in [5.74, 6) is 0. The van der Waals surface area contributed by atoms with Crippen LogP contribution in [-0.2, 0) is 12.8 Å². The fraction of sp³-hybridized carbons (Fsp3) is 0.333. The lowest BCUT2D eigenvalue weighted by Crippen LogP contribution is -2.19. The Balaban J connectivity index is 1.82. The van der Waals surface area contributed by atoms with Gasteiger partial charge in [0.15, 0.2) is 0 Å². The van der Waals surface area contributed by atoms with Crippen LogP contribution in [0.15, 0.2) is 36.4 Å². The van der Waals surface area contributed by atoms with Crippen molar-refractivity contribution in [2.75, 3.05) is 5.32 Å². The Bertz CT molecular complexity index is 565. The van der Waals surface area contributed by atoms with Gasteiger partial charge in [-0.25, -0.2) is 0 Å². The molecule has 0 saturated heterocycles. The summed E-state index contributed by atoms with van der Waals surface area (Å²) in [6.07, 6.45) is 2.26. The molecule has 0 saturated carbocycles. The number of benzene rings is 2. The van der Waals surface area contributed by atoms with E-state index >= 15 is 0 Å². The fourth-order valence-electron chi connectivity index (χ4n) is 3.28. The van der Waals surface area contributed by atoms with Gasteiger partial charge in [0.1, 0.15) is 0 Å². The third-order valence-corrected chi connectivity index (χ3v) is 4.13. The van der Waals surface area contributed by atoms with Gasteiger partial charge in [0.25, 0.3) is 0 Å². The minimum atomic E-state index is 0.539. The highest BCUT2D eigenvalue weighted by molar-refractivity contribution is 5.57. The maximum Gasteiger partial charge on any atom is 0.0375 e. The van der Waals surface area contributed by atoms with Crippen molar-refractivity contribution in [2.24, 2.45) is 0 Å². The topological polar surface area (TPSA) is 12.0 Å². The van der Waals surface area contributed by atoms with E-state index < -0.39 is 0 Å². The lowest BCUT2D eigenvalue weighted by Gasteiger charge is -2.16. The molecule has 1 unspecified atom stereocenters. The molecule has 0 bridgehead atoms. The summed E-state index contributed by atoms with van der Waals surface area (Å²) in [5.41, 5.74) is 8.49. The molecule has 1 atom stereocenters. The third kappa shape index (κ3) is 2.37. The van der Waals surface area contributed by atoms with Gasteiger partial charge in [0.2, 0.25) is 0 Å². The van der Waals surface area contributed by atoms with E-state index in [1.807, 2.05) is 0 Å². The normalized spacial score (nSPS) is 17.1. The number of aryl methyl sites for hydroxylation is 3. The van der Waals surface area contributed by atoms with E-state index in [2.05, 4.69) is 62.5 Å². The number of nitrogens with one attached hydrogen (secondary N) is 1. The summed E-state index contributed by atoms with van der Waals surface area (Å²) >= 11 is 0. The summed E-state index contributed by atoms with van der Waals surface area (Å²) in [6.45, 7) is 6.64. The van der Waals surface area contributed by atoms with Gasteiger partial charge in [0.05, 0.1) is 0 Å². The third-order valence-electron chi connectivity index (χ3n) is 4.13. The molecule has 0 aliphatic carbocycles. The largest absolute Gasteiger partial charge is 0.381 e. The molecule has 1 N–H and O–H groups in total. The average Bonchev–Trinajstić information content (AvgIpc) is 2.76. The summed E-state index contributed by atoms with van der Waals surface area (Å²) in [5, 5.41) is 3.65. The molecule has 3 rings (SSSR count). The fourth-order valence-corrected chi connectivity index (χ4v) is 3.28. The first-order valence-corrected chi connectivity index (χ1v) is 7.04. The van der Waals surface area contributed by atoms with Crippen molar-refractivity contribution in [2.45, 2.75) is 39.7 Å². The molecule has 0 radical (unpaired) electrons. The van der Waals surface area contributed by atoms with Gasteiger partial charge < -0.3 is 5.32 Å². The number of rotatable bonds is 2. The van der Waals surface area contributed by atoms with Crippen molar-refractivity contribution in [1.29, 1.82) is 0 Å². The van der Waals surface area contributed by atoms with Crippen molar-refractivity contribution in [1.82, 2.24) is 0 Å². The summed E-state index contributed by atoms with van der Waals surface area (Å²) in [7, 11) is 0. The van der Waals surface area contributed by atoms with Crippen molar-refractivity contribution >= 4 is 5.69 Å². The van der Waals surface area contributed by atoms with Crippen LogP contribution >= 0.6 is 0 Å². The Morgan fingerprint density at radius 2 is 1.74 bits per heavy atom. The van der Waals surface area contributed by atoms with Gasteiger partial charge in [-0.3, -0.25) is 0 Å². The molecular formula is C18H21N. The van der Waals surface area contributed by atoms with E-state index in [-0.39, 0.29) is 0 Å².